The van der Waals surface area contributed by atoms with Gasteiger partial charge in [-0.2, -0.15) is 15.8 Å². The van der Waals surface area contributed by atoms with Crippen molar-refractivity contribution in [2.75, 3.05) is 0 Å². The maximum atomic E-state index is 10.2. The maximum absolute atomic E-state index is 10.2. The highest BCUT2D eigenvalue weighted by Gasteiger charge is 2.80. The van der Waals surface area contributed by atoms with Gasteiger partial charge in [-0.15, -0.1) is 0 Å². The molecular formula is C20H26N4O2. The predicted molar refractivity (Wildman–Crippen MR) is 93.4 cm³/mol. The van der Waals surface area contributed by atoms with Crippen molar-refractivity contribution in [1.82, 2.24) is 0 Å². The zero-order chi connectivity index (χ0) is 19.0. The minimum atomic E-state index is -1.70. The van der Waals surface area contributed by atoms with Crippen LogP contribution in [-0.2, 0) is 9.47 Å². The van der Waals surface area contributed by atoms with Gasteiger partial charge in [0.1, 0.15) is 0 Å². The number of hydrogen-bond acceptors (Lipinski definition) is 6. The van der Waals surface area contributed by atoms with E-state index in [9.17, 15) is 15.8 Å². The molecule has 6 nitrogen and oxygen atoms in total. The van der Waals surface area contributed by atoms with Crippen LogP contribution in [0.1, 0.15) is 65.2 Å². The van der Waals surface area contributed by atoms with Gasteiger partial charge in [0.25, 0.3) is 0 Å². The molecule has 6 heteroatoms. The number of ether oxygens (including phenoxy) is 2. The summed E-state index contributed by atoms with van der Waals surface area (Å²) in [6.45, 7) is 4.16. The molecule has 138 valence electrons. The quantitative estimate of drug-likeness (QED) is 0.800. The first-order valence-electron chi connectivity index (χ1n) is 9.69. The molecule has 3 rings (SSSR count). The lowest BCUT2D eigenvalue weighted by Gasteiger charge is -2.52. The predicted octanol–water partition coefficient (Wildman–Crippen LogP) is 4.04. The summed E-state index contributed by atoms with van der Waals surface area (Å²) >= 11 is 0. The summed E-state index contributed by atoms with van der Waals surface area (Å²) in [6.07, 6.45) is 5.79. The van der Waals surface area contributed by atoms with E-state index in [1.54, 1.807) is 0 Å². The Morgan fingerprint density at radius 3 is 2.42 bits per heavy atom. The summed E-state index contributed by atoms with van der Waals surface area (Å²) in [4.78, 5) is 0. The van der Waals surface area contributed by atoms with Crippen LogP contribution in [0, 0.1) is 62.1 Å². The number of rotatable bonds is 5. The highest BCUT2D eigenvalue weighted by atomic mass is 16.7. The van der Waals surface area contributed by atoms with Gasteiger partial charge in [0.15, 0.2) is 10.8 Å². The summed E-state index contributed by atoms with van der Waals surface area (Å²) in [5.41, 5.74) is -3.24. The highest BCUT2D eigenvalue weighted by molar-refractivity contribution is 5.89. The van der Waals surface area contributed by atoms with Crippen LogP contribution < -0.4 is 0 Å². The Balaban J connectivity index is 2.13. The minimum absolute atomic E-state index is 0.246. The van der Waals surface area contributed by atoms with E-state index in [0.717, 1.165) is 32.1 Å². The van der Waals surface area contributed by atoms with E-state index in [1.807, 2.05) is 6.92 Å². The molecule has 0 radical (unpaired) electrons. The molecule has 3 fully saturated rings. The fraction of sp³-hybridized carbons (Fsp3) is 0.800. The zero-order valence-electron chi connectivity index (χ0n) is 15.5. The lowest BCUT2D eigenvalue weighted by molar-refractivity contribution is -0.297. The second kappa shape index (κ2) is 6.57. The van der Waals surface area contributed by atoms with Crippen molar-refractivity contribution in [3.63, 3.8) is 0 Å². The van der Waals surface area contributed by atoms with Gasteiger partial charge in [0.05, 0.1) is 30.2 Å². The molecule has 26 heavy (non-hydrogen) atoms. The molecule has 0 amide bonds. The topological polar surface area (TPSA) is 114 Å². The van der Waals surface area contributed by atoms with Gasteiger partial charge < -0.3 is 9.47 Å². The SMILES string of the molecule is CCCCC1OC23CCC(CCC)CC2C(C#N)(C(=N)O3)C1(C#N)C#N. The standard InChI is InChI=1S/C20H26N4O2/c1-3-5-7-16-18(11-21,12-22)19(13-23)15-10-14(6-4-2)8-9-20(15,25-16)26-17(19)24/h14-16,24H,3-10H2,1-2H3. The van der Waals surface area contributed by atoms with Crippen LogP contribution in [0.25, 0.3) is 0 Å². The van der Waals surface area contributed by atoms with Gasteiger partial charge >= 0.3 is 0 Å². The molecule has 0 spiro atoms. The third kappa shape index (κ3) is 2.14. The van der Waals surface area contributed by atoms with Gasteiger partial charge in [-0.25, -0.2) is 0 Å². The van der Waals surface area contributed by atoms with Crippen LogP contribution in [0.2, 0.25) is 0 Å². The molecule has 0 aromatic carbocycles. The Bertz CT molecular complexity index is 701. The van der Waals surface area contributed by atoms with E-state index in [-0.39, 0.29) is 5.90 Å². The number of unbranched alkanes of at least 4 members (excludes halogenated alkanes) is 1. The molecule has 2 saturated heterocycles. The average molecular weight is 354 g/mol. The third-order valence-electron chi connectivity index (χ3n) is 6.65. The van der Waals surface area contributed by atoms with Crippen LogP contribution in [0.3, 0.4) is 0 Å². The minimum Gasteiger partial charge on any atom is -0.447 e. The smallest absolute Gasteiger partial charge is 0.217 e. The lowest BCUT2D eigenvalue weighted by atomic mass is 9.50. The van der Waals surface area contributed by atoms with Crippen molar-refractivity contribution >= 4 is 5.90 Å². The normalized spacial score (nSPS) is 39.8. The van der Waals surface area contributed by atoms with Gasteiger partial charge in [-0.1, -0.05) is 39.5 Å². The Hall–Kier alpha value is -2.10. The molecule has 2 aliphatic heterocycles. The molecule has 3 aliphatic rings. The average Bonchev–Trinajstić information content (AvgIpc) is 2.85. The Morgan fingerprint density at radius 2 is 1.85 bits per heavy atom. The molecule has 1 saturated carbocycles. The summed E-state index contributed by atoms with van der Waals surface area (Å²) in [6, 6.07) is 6.49. The second-order valence-electron chi connectivity index (χ2n) is 7.92. The summed E-state index contributed by atoms with van der Waals surface area (Å²) in [7, 11) is 0. The first kappa shape index (κ1) is 18.7. The monoisotopic (exact) mass is 354 g/mol. The van der Waals surface area contributed by atoms with Gasteiger partial charge in [-0.05, 0) is 25.2 Å². The van der Waals surface area contributed by atoms with Crippen molar-refractivity contribution in [2.24, 2.45) is 22.7 Å². The van der Waals surface area contributed by atoms with E-state index in [1.165, 1.54) is 0 Å². The second-order valence-corrected chi connectivity index (χ2v) is 7.92. The van der Waals surface area contributed by atoms with Gasteiger partial charge in [-0.3, -0.25) is 5.41 Å². The lowest BCUT2D eigenvalue weighted by Crippen LogP contribution is -2.64. The third-order valence-corrected chi connectivity index (χ3v) is 6.65. The highest BCUT2D eigenvalue weighted by Crippen LogP contribution is 2.67. The van der Waals surface area contributed by atoms with Crippen molar-refractivity contribution in [3.8, 4) is 18.2 Å². The van der Waals surface area contributed by atoms with Crippen LogP contribution in [0.15, 0.2) is 0 Å². The van der Waals surface area contributed by atoms with E-state index >= 15 is 0 Å². The molecule has 1 N–H and O–H groups in total. The Morgan fingerprint density at radius 1 is 1.12 bits per heavy atom. The van der Waals surface area contributed by atoms with E-state index in [2.05, 4.69) is 25.1 Å². The fourth-order valence-corrected chi connectivity index (χ4v) is 5.35. The van der Waals surface area contributed by atoms with Crippen LogP contribution in [0.5, 0.6) is 0 Å². The van der Waals surface area contributed by atoms with Crippen LogP contribution in [-0.4, -0.2) is 17.8 Å². The van der Waals surface area contributed by atoms with E-state index in [0.29, 0.717) is 25.2 Å². The van der Waals surface area contributed by atoms with Crippen LogP contribution >= 0.6 is 0 Å². The Labute approximate surface area is 155 Å². The Kier molecular flexibility index (Phi) is 4.72. The van der Waals surface area contributed by atoms with E-state index < -0.39 is 28.6 Å². The molecule has 5 unspecified atom stereocenters. The van der Waals surface area contributed by atoms with Crippen LogP contribution in [0.4, 0.5) is 0 Å². The molecule has 0 aromatic rings. The summed E-state index contributed by atoms with van der Waals surface area (Å²) in [5.74, 6) is -1.29. The first-order chi connectivity index (χ1) is 12.5. The van der Waals surface area contributed by atoms with Gasteiger partial charge in [0.2, 0.25) is 11.7 Å². The zero-order valence-corrected chi connectivity index (χ0v) is 15.5. The maximum Gasteiger partial charge on any atom is 0.217 e. The summed E-state index contributed by atoms with van der Waals surface area (Å²) in [5, 5.41) is 38.8. The first-order valence-corrected chi connectivity index (χ1v) is 9.69. The summed E-state index contributed by atoms with van der Waals surface area (Å²) < 4.78 is 12.2. The molecule has 1 aliphatic carbocycles. The molecule has 2 heterocycles. The fourth-order valence-electron chi connectivity index (χ4n) is 5.35. The van der Waals surface area contributed by atoms with Crippen molar-refractivity contribution in [3.05, 3.63) is 0 Å². The number of hydrogen-bond donors (Lipinski definition) is 1. The number of nitrogens with zero attached hydrogens (tertiary/aromatic N) is 3. The molecule has 0 aromatic heterocycles. The molecule has 5 atom stereocenters. The number of nitrogens with one attached hydrogen (secondary N) is 1. The molecule has 2 bridgehead atoms. The van der Waals surface area contributed by atoms with Crippen molar-refractivity contribution in [2.45, 2.75) is 77.1 Å². The largest absolute Gasteiger partial charge is 0.447 e. The number of nitriles is 3. The van der Waals surface area contributed by atoms with E-state index in [4.69, 9.17) is 14.9 Å². The van der Waals surface area contributed by atoms with Crippen molar-refractivity contribution in [1.29, 1.82) is 21.2 Å². The van der Waals surface area contributed by atoms with Crippen molar-refractivity contribution < 1.29 is 9.47 Å². The molecular weight excluding hydrogens is 328 g/mol. The van der Waals surface area contributed by atoms with Gasteiger partial charge in [0, 0.05) is 6.42 Å².